The SMILES string of the molecule is CCCc1n[nH]c(=S)n1CC(=O)Nc1cc(S(=O)(=O)Nc2cccc(Cl)c2)ccc1O. The van der Waals surface area contributed by atoms with Gasteiger partial charge in [0.25, 0.3) is 10.0 Å². The highest BCUT2D eigenvalue weighted by Gasteiger charge is 2.18. The molecule has 1 heterocycles. The number of H-pyrrole nitrogens is 1. The molecule has 0 unspecified atom stereocenters. The highest BCUT2D eigenvalue weighted by atomic mass is 35.5. The van der Waals surface area contributed by atoms with Crippen LogP contribution in [0.25, 0.3) is 0 Å². The van der Waals surface area contributed by atoms with Crippen LogP contribution in [-0.2, 0) is 27.8 Å². The van der Waals surface area contributed by atoms with Gasteiger partial charge in [-0.25, -0.2) is 8.42 Å². The molecule has 9 nitrogen and oxygen atoms in total. The molecule has 0 aliphatic heterocycles. The number of nitrogens with one attached hydrogen (secondary N) is 3. The number of phenolic OH excluding ortho intramolecular Hbond substituents is 1. The molecule has 0 aliphatic carbocycles. The average molecular weight is 482 g/mol. The van der Waals surface area contributed by atoms with E-state index in [0.717, 1.165) is 6.42 Å². The van der Waals surface area contributed by atoms with Gasteiger partial charge in [0.1, 0.15) is 18.1 Å². The molecule has 0 radical (unpaired) electrons. The number of amides is 1. The zero-order valence-electron chi connectivity index (χ0n) is 16.4. The van der Waals surface area contributed by atoms with Gasteiger partial charge >= 0.3 is 0 Å². The summed E-state index contributed by atoms with van der Waals surface area (Å²) in [4.78, 5) is 12.4. The Hall–Kier alpha value is -2.89. The van der Waals surface area contributed by atoms with Crippen LogP contribution in [-0.4, -0.2) is 34.2 Å². The van der Waals surface area contributed by atoms with Gasteiger partial charge in [0.2, 0.25) is 5.91 Å². The van der Waals surface area contributed by atoms with Crippen LogP contribution >= 0.6 is 23.8 Å². The Labute approximate surface area is 189 Å². The fourth-order valence-electron chi connectivity index (χ4n) is 2.81. The van der Waals surface area contributed by atoms with E-state index in [1.165, 1.54) is 24.3 Å². The molecular formula is C19H20ClN5O4S2. The number of carbonyl (C=O) groups is 1. The number of benzene rings is 2. The molecule has 0 atom stereocenters. The van der Waals surface area contributed by atoms with Crippen molar-refractivity contribution >= 4 is 51.1 Å². The molecular weight excluding hydrogens is 462 g/mol. The number of carbonyl (C=O) groups excluding carboxylic acids is 1. The summed E-state index contributed by atoms with van der Waals surface area (Å²) in [6.45, 7) is 1.84. The first-order valence-corrected chi connectivity index (χ1v) is 11.5. The quantitative estimate of drug-likeness (QED) is 0.287. The van der Waals surface area contributed by atoms with Gasteiger partial charge in [-0.2, -0.15) is 5.10 Å². The average Bonchev–Trinajstić information content (AvgIpc) is 3.03. The minimum absolute atomic E-state index is 0.0500. The standard InChI is InChI=1S/C19H20ClN5O4S2/c1-2-4-17-22-23-19(30)25(17)11-18(27)21-15-10-14(7-8-16(15)26)31(28,29)24-13-6-3-5-12(20)9-13/h3,5-10,24,26H,2,4,11H2,1H3,(H,21,27)(H,23,30). The number of aromatic hydroxyl groups is 1. The lowest BCUT2D eigenvalue weighted by Gasteiger charge is -2.12. The summed E-state index contributed by atoms with van der Waals surface area (Å²) in [6, 6.07) is 9.82. The molecule has 3 aromatic rings. The number of hydrogen-bond donors (Lipinski definition) is 4. The molecule has 1 amide bonds. The van der Waals surface area contributed by atoms with Gasteiger partial charge in [0.05, 0.1) is 16.3 Å². The number of hydrogen-bond acceptors (Lipinski definition) is 6. The van der Waals surface area contributed by atoms with Crippen LogP contribution in [0.4, 0.5) is 11.4 Å². The van der Waals surface area contributed by atoms with Crippen LogP contribution in [0.15, 0.2) is 47.4 Å². The Balaban J connectivity index is 1.80. The molecule has 0 aliphatic rings. The number of aryl methyl sites for hydroxylation is 1. The summed E-state index contributed by atoms with van der Waals surface area (Å²) in [5.41, 5.74) is 0.231. The zero-order chi connectivity index (χ0) is 22.6. The largest absolute Gasteiger partial charge is 0.506 e. The zero-order valence-corrected chi connectivity index (χ0v) is 18.8. The molecule has 2 aromatic carbocycles. The number of anilines is 2. The van der Waals surface area contributed by atoms with Crippen molar-refractivity contribution in [3.8, 4) is 5.75 Å². The van der Waals surface area contributed by atoms with Crippen LogP contribution in [0.1, 0.15) is 19.2 Å². The van der Waals surface area contributed by atoms with Crippen molar-refractivity contribution < 1.29 is 18.3 Å². The van der Waals surface area contributed by atoms with E-state index in [4.69, 9.17) is 23.8 Å². The Kier molecular flexibility index (Phi) is 6.98. The lowest BCUT2D eigenvalue weighted by atomic mass is 10.3. The number of phenols is 1. The fraction of sp³-hybridized carbons (Fsp3) is 0.211. The second-order valence-corrected chi connectivity index (χ2v) is 9.13. The highest BCUT2D eigenvalue weighted by molar-refractivity contribution is 7.92. The van der Waals surface area contributed by atoms with Crippen molar-refractivity contribution in [2.24, 2.45) is 0 Å². The Bertz CT molecular complexity index is 1270. The van der Waals surface area contributed by atoms with Crippen LogP contribution in [0.5, 0.6) is 5.75 Å². The number of sulfonamides is 1. The van der Waals surface area contributed by atoms with Gasteiger partial charge in [0, 0.05) is 11.4 Å². The summed E-state index contributed by atoms with van der Waals surface area (Å²) in [6.07, 6.45) is 1.45. The van der Waals surface area contributed by atoms with Crippen molar-refractivity contribution in [3.63, 3.8) is 0 Å². The van der Waals surface area contributed by atoms with Crippen molar-refractivity contribution in [1.82, 2.24) is 14.8 Å². The van der Waals surface area contributed by atoms with Gasteiger partial charge in [-0.05, 0) is 55.0 Å². The van der Waals surface area contributed by atoms with Crippen molar-refractivity contribution in [1.29, 1.82) is 0 Å². The molecule has 31 heavy (non-hydrogen) atoms. The predicted octanol–water partition coefficient (Wildman–Crippen LogP) is 3.69. The maximum atomic E-state index is 12.7. The minimum atomic E-state index is -3.98. The van der Waals surface area contributed by atoms with E-state index in [-0.39, 0.29) is 28.6 Å². The van der Waals surface area contributed by atoms with Crippen LogP contribution in [0.2, 0.25) is 5.02 Å². The number of rotatable bonds is 8. The first-order valence-electron chi connectivity index (χ1n) is 9.25. The smallest absolute Gasteiger partial charge is 0.261 e. The summed E-state index contributed by atoms with van der Waals surface area (Å²) in [7, 11) is -3.98. The molecule has 0 saturated carbocycles. The fourth-order valence-corrected chi connectivity index (χ4v) is 4.29. The van der Waals surface area contributed by atoms with Gasteiger partial charge in [-0.1, -0.05) is 24.6 Å². The van der Waals surface area contributed by atoms with Gasteiger partial charge in [-0.3, -0.25) is 19.2 Å². The Morgan fingerprint density at radius 2 is 2.06 bits per heavy atom. The van der Waals surface area contributed by atoms with E-state index in [0.29, 0.717) is 22.0 Å². The van der Waals surface area contributed by atoms with E-state index in [9.17, 15) is 18.3 Å². The molecule has 3 rings (SSSR count). The van der Waals surface area contributed by atoms with E-state index in [1.54, 1.807) is 22.8 Å². The molecule has 1 aromatic heterocycles. The van der Waals surface area contributed by atoms with E-state index >= 15 is 0 Å². The number of halogens is 1. The van der Waals surface area contributed by atoms with Gasteiger partial charge in [-0.15, -0.1) is 0 Å². The molecule has 0 spiro atoms. The molecule has 12 heteroatoms. The molecule has 0 fully saturated rings. The van der Waals surface area contributed by atoms with E-state index in [2.05, 4.69) is 20.2 Å². The van der Waals surface area contributed by atoms with E-state index < -0.39 is 15.9 Å². The topological polar surface area (TPSA) is 129 Å². The summed E-state index contributed by atoms with van der Waals surface area (Å²) in [5.74, 6) is -0.143. The van der Waals surface area contributed by atoms with Crippen LogP contribution < -0.4 is 10.0 Å². The summed E-state index contributed by atoms with van der Waals surface area (Å²) >= 11 is 11.0. The molecule has 0 saturated heterocycles. The Morgan fingerprint density at radius 3 is 2.77 bits per heavy atom. The lowest BCUT2D eigenvalue weighted by Crippen LogP contribution is -2.21. The monoisotopic (exact) mass is 481 g/mol. The second kappa shape index (κ2) is 9.50. The molecule has 164 valence electrons. The van der Waals surface area contributed by atoms with Crippen molar-refractivity contribution in [2.45, 2.75) is 31.2 Å². The summed E-state index contributed by atoms with van der Waals surface area (Å²) < 4.78 is 29.6. The first-order chi connectivity index (χ1) is 14.7. The number of nitrogens with zero attached hydrogens (tertiary/aromatic N) is 2. The lowest BCUT2D eigenvalue weighted by molar-refractivity contribution is -0.116. The van der Waals surface area contributed by atoms with E-state index in [1.807, 2.05) is 6.92 Å². The van der Waals surface area contributed by atoms with Gasteiger partial charge < -0.3 is 10.4 Å². The van der Waals surface area contributed by atoms with Crippen LogP contribution in [0.3, 0.4) is 0 Å². The van der Waals surface area contributed by atoms with Crippen molar-refractivity contribution in [3.05, 3.63) is 58.1 Å². The maximum Gasteiger partial charge on any atom is 0.261 e. The van der Waals surface area contributed by atoms with Gasteiger partial charge in [0.15, 0.2) is 4.77 Å². The molecule has 4 N–H and O–H groups in total. The Morgan fingerprint density at radius 1 is 1.29 bits per heavy atom. The number of aromatic nitrogens is 3. The third-order valence-corrected chi connectivity index (χ3v) is 6.17. The van der Waals surface area contributed by atoms with Crippen molar-refractivity contribution in [2.75, 3.05) is 10.0 Å². The predicted molar refractivity (Wildman–Crippen MR) is 120 cm³/mol. The second-order valence-electron chi connectivity index (χ2n) is 6.62. The number of aromatic amines is 1. The highest BCUT2D eigenvalue weighted by Crippen LogP contribution is 2.28. The minimum Gasteiger partial charge on any atom is -0.506 e. The molecule has 0 bridgehead atoms. The third-order valence-electron chi connectivity index (χ3n) is 4.24. The van der Waals surface area contributed by atoms with Crippen LogP contribution in [0, 0.1) is 4.77 Å². The third kappa shape index (κ3) is 5.63. The normalized spacial score (nSPS) is 11.3. The first kappa shape index (κ1) is 22.8. The maximum absolute atomic E-state index is 12.7. The summed E-state index contributed by atoms with van der Waals surface area (Å²) in [5, 5.41) is 19.7.